The third-order valence-corrected chi connectivity index (χ3v) is 4.60. The van der Waals surface area contributed by atoms with Gasteiger partial charge in [-0.2, -0.15) is 11.8 Å². The van der Waals surface area contributed by atoms with E-state index in [4.69, 9.17) is 0 Å². The molecule has 1 N–H and O–H groups in total. The largest absolute Gasteiger partial charge is 0.506 e. The van der Waals surface area contributed by atoms with E-state index in [0.29, 0.717) is 10.0 Å². The number of rotatable bonds is 1. The number of benzene rings is 1. The number of nitrogens with zero attached hydrogens (tertiary/aromatic N) is 1. The molecule has 1 aliphatic rings. The van der Waals surface area contributed by atoms with Crippen molar-refractivity contribution < 1.29 is 9.90 Å². The standard InChI is InChI=1S/C13H16BrNO2S/c1-9-7-10(12(16)11(14)8-9)13(17)15-3-2-5-18-6-4-15/h7-8,16H,2-6H2,1H3. The van der Waals surface area contributed by atoms with Gasteiger partial charge in [0, 0.05) is 18.8 Å². The summed E-state index contributed by atoms with van der Waals surface area (Å²) in [6, 6.07) is 3.56. The lowest BCUT2D eigenvalue weighted by Gasteiger charge is -2.21. The summed E-state index contributed by atoms with van der Waals surface area (Å²) < 4.78 is 0.579. The van der Waals surface area contributed by atoms with Crippen molar-refractivity contribution in [3.05, 3.63) is 27.7 Å². The highest BCUT2D eigenvalue weighted by molar-refractivity contribution is 9.10. The van der Waals surface area contributed by atoms with Crippen molar-refractivity contribution in [3.63, 3.8) is 0 Å². The van der Waals surface area contributed by atoms with Gasteiger partial charge >= 0.3 is 0 Å². The summed E-state index contributed by atoms with van der Waals surface area (Å²) in [4.78, 5) is 14.2. The molecule has 1 aromatic rings. The molecular weight excluding hydrogens is 314 g/mol. The Morgan fingerprint density at radius 1 is 1.39 bits per heavy atom. The van der Waals surface area contributed by atoms with Crippen LogP contribution in [0.25, 0.3) is 0 Å². The van der Waals surface area contributed by atoms with E-state index in [1.807, 2.05) is 29.7 Å². The fraction of sp³-hybridized carbons (Fsp3) is 0.462. The van der Waals surface area contributed by atoms with Crippen LogP contribution in [0.2, 0.25) is 0 Å². The van der Waals surface area contributed by atoms with Crippen LogP contribution in [-0.4, -0.2) is 40.5 Å². The lowest BCUT2D eigenvalue weighted by Crippen LogP contribution is -2.33. The first-order valence-corrected chi connectivity index (χ1v) is 7.90. The van der Waals surface area contributed by atoms with E-state index in [1.165, 1.54) is 0 Å². The zero-order valence-corrected chi connectivity index (χ0v) is 12.7. The fourth-order valence-electron chi connectivity index (χ4n) is 2.02. The molecule has 0 unspecified atom stereocenters. The van der Waals surface area contributed by atoms with Crippen molar-refractivity contribution in [1.29, 1.82) is 0 Å². The third-order valence-electron chi connectivity index (χ3n) is 2.95. The number of phenolic OH excluding ortho intramolecular Hbond substituents is 1. The lowest BCUT2D eigenvalue weighted by molar-refractivity contribution is 0.0765. The van der Waals surface area contributed by atoms with Gasteiger partial charge < -0.3 is 10.0 Å². The second-order valence-corrected chi connectivity index (χ2v) is 6.48. The molecule has 1 heterocycles. The molecule has 0 aromatic heterocycles. The molecule has 0 aliphatic carbocycles. The topological polar surface area (TPSA) is 40.5 Å². The summed E-state index contributed by atoms with van der Waals surface area (Å²) >= 11 is 5.16. The van der Waals surface area contributed by atoms with Gasteiger partial charge in [-0.05, 0) is 52.7 Å². The molecule has 0 atom stereocenters. The van der Waals surface area contributed by atoms with Crippen LogP contribution < -0.4 is 0 Å². The Morgan fingerprint density at radius 3 is 2.94 bits per heavy atom. The second-order valence-electron chi connectivity index (χ2n) is 4.40. The van der Waals surface area contributed by atoms with Crippen LogP contribution in [0.5, 0.6) is 5.75 Å². The van der Waals surface area contributed by atoms with Crippen molar-refractivity contribution >= 4 is 33.6 Å². The number of aromatic hydroxyl groups is 1. The molecular formula is C13H16BrNO2S. The predicted octanol–water partition coefficient (Wildman–Crippen LogP) is 3.04. The Balaban J connectivity index is 2.27. The summed E-state index contributed by atoms with van der Waals surface area (Å²) in [6.45, 7) is 3.45. The van der Waals surface area contributed by atoms with Gasteiger partial charge in [0.2, 0.25) is 0 Å². The highest BCUT2D eigenvalue weighted by Gasteiger charge is 2.21. The highest BCUT2D eigenvalue weighted by atomic mass is 79.9. The zero-order chi connectivity index (χ0) is 13.1. The van der Waals surface area contributed by atoms with Crippen molar-refractivity contribution in [3.8, 4) is 5.75 Å². The molecule has 3 nitrogen and oxygen atoms in total. The third kappa shape index (κ3) is 3.01. The van der Waals surface area contributed by atoms with Gasteiger partial charge in [0.1, 0.15) is 5.75 Å². The van der Waals surface area contributed by atoms with Crippen LogP contribution in [0.1, 0.15) is 22.3 Å². The van der Waals surface area contributed by atoms with Crippen LogP contribution in [0, 0.1) is 6.92 Å². The Kier molecular flexibility index (Phi) is 4.56. The molecule has 1 amide bonds. The maximum absolute atomic E-state index is 12.4. The van der Waals surface area contributed by atoms with Crippen molar-refractivity contribution in [1.82, 2.24) is 4.90 Å². The minimum absolute atomic E-state index is 0.0440. The Labute approximate surface area is 120 Å². The zero-order valence-electron chi connectivity index (χ0n) is 10.3. The summed E-state index contributed by atoms with van der Waals surface area (Å²) in [5, 5.41) is 9.99. The Morgan fingerprint density at radius 2 is 2.17 bits per heavy atom. The smallest absolute Gasteiger partial charge is 0.257 e. The normalized spacial score (nSPS) is 16.4. The van der Waals surface area contributed by atoms with Crippen LogP contribution in [0.15, 0.2) is 16.6 Å². The molecule has 0 bridgehead atoms. The van der Waals surface area contributed by atoms with Crippen molar-refractivity contribution in [2.75, 3.05) is 24.6 Å². The monoisotopic (exact) mass is 329 g/mol. The fourth-order valence-corrected chi connectivity index (χ4v) is 3.48. The molecule has 98 valence electrons. The van der Waals surface area contributed by atoms with Crippen LogP contribution in [-0.2, 0) is 0 Å². The number of carbonyl (C=O) groups is 1. The summed E-state index contributed by atoms with van der Waals surface area (Å²) in [7, 11) is 0. The average molecular weight is 330 g/mol. The molecule has 18 heavy (non-hydrogen) atoms. The highest BCUT2D eigenvalue weighted by Crippen LogP contribution is 2.30. The van der Waals surface area contributed by atoms with Crippen molar-refractivity contribution in [2.45, 2.75) is 13.3 Å². The van der Waals surface area contributed by atoms with Gasteiger partial charge in [-0.15, -0.1) is 0 Å². The molecule has 0 spiro atoms. The molecule has 1 aliphatic heterocycles. The minimum Gasteiger partial charge on any atom is -0.506 e. The number of thioether (sulfide) groups is 1. The van der Waals surface area contributed by atoms with Gasteiger partial charge in [0.25, 0.3) is 5.91 Å². The van der Waals surface area contributed by atoms with E-state index in [-0.39, 0.29) is 11.7 Å². The molecule has 2 rings (SSSR count). The maximum atomic E-state index is 12.4. The number of aryl methyl sites for hydroxylation is 1. The van der Waals surface area contributed by atoms with Gasteiger partial charge in [-0.3, -0.25) is 4.79 Å². The number of amides is 1. The van der Waals surface area contributed by atoms with Crippen LogP contribution >= 0.6 is 27.7 Å². The first kappa shape index (κ1) is 13.7. The molecule has 1 saturated heterocycles. The number of carbonyl (C=O) groups excluding carboxylic acids is 1. The predicted molar refractivity (Wildman–Crippen MR) is 78.4 cm³/mol. The first-order chi connectivity index (χ1) is 8.59. The number of halogens is 1. The van der Waals surface area contributed by atoms with E-state index >= 15 is 0 Å². The van der Waals surface area contributed by atoms with Gasteiger partial charge in [-0.1, -0.05) is 0 Å². The SMILES string of the molecule is Cc1cc(Br)c(O)c(C(=O)N2CCCSCC2)c1. The van der Waals surface area contributed by atoms with E-state index in [2.05, 4.69) is 15.9 Å². The molecule has 0 saturated carbocycles. The van der Waals surface area contributed by atoms with Gasteiger partial charge in [0.05, 0.1) is 10.0 Å². The second kappa shape index (κ2) is 5.97. The van der Waals surface area contributed by atoms with E-state index in [0.717, 1.165) is 36.6 Å². The van der Waals surface area contributed by atoms with Crippen molar-refractivity contribution in [2.24, 2.45) is 0 Å². The Hall–Kier alpha value is -0.680. The molecule has 1 aromatic carbocycles. The van der Waals surface area contributed by atoms with E-state index in [9.17, 15) is 9.90 Å². The Bertz CT molecular complexity index is 457. The minimum atomic E-state index is -0.0700. The summed E-state index contributed by atoms with van der Waals surface area (Å²) in [5.41, 5.74) is 1.36. The van der Waals surface area contributed by atoms with E-state index < -0.39 is 0 Å². The van der Waals surface area contributed by atoms with Crippen LogP contribution in [0.4, 0.5) is 0 Å². The first-order valence-electron chi connectivity index (χ1n) is 5.95. The molecule has 0 radical (unpaired) electrons. The summed E-state index contributed by atoms with van der Waals surface area (Å²) in [5.74, 6) is 2.05. The summed E-state index contributed by atoms with van der Waals surface area (Å²) in [6.07, 6.45) is 1.02. The quantitative estimate of drug-likeness (QED) is 0.860. The number of phenols is 1. The number of hydrogen-bond acceptors (Lipinski definition) is 3. The maximum Gasteiger partial charge on any atom is 0.257 e. The average Bonchev–Trinajstić information content (AvgIpc) is 2.61. The molecule has 5 heteroatoms. The van der Waals surface area contributed by atoms with E-state index in [1.54, 1.807) is 6.07 Å². The van der Waals surface area contributed by atoms with Gasteiger partial charge in [0.15, 0.2) is 0 Å². The van der Waals surface area contributed by atoms with Crippen LogP contribution in [0.3, 0.4) is 0 Å². The molecule has 1 fully saturated rings. The number of hydrogen-bond donors (Lipinski definition) is 1. The van der Waals surface area contributed by atoms with Gasteiger partial charge in [-0.25, -0.2) is 0 Å². The lowest BCUT2D eigenvalue weighted by atomic mass is 10.1.